The van der Waals surface area contributed by atoms with E-state index in [4.69, 9.17) is 15.2 Å². The average molecular weight is 222 g/mol. The second kappa shape index (κ2) is 4.39. The normalized spacial score (nSPS) is 26.7. The van der Waals surface area contributed by atoms with Gasteiger partial charge in [0.2, 0.25) is 0 Å². The Morgan fingerprint density at radius 3 is 3.06 bits per heavy atom. The van der Waals surface area contributed by atoms with E-state index in [0.717, 1.165) is 30.9 Å². The van der Waals surface area contributed by atoms with E-state index in [-0.39, 0.29) is 11.6 Å². The summed E-state index contributed by atoms with van der Waals surface area (Å²) in [7, 11) is 1.63. The number of rotatable bonds is 3. The lowest BCUT2D eigenvalue weighted by Gasteiger charge is -2.30. The van der Waals surface area contributed by atoms with Gasteiger partial charge in [0.05, 0.1) is 18.8 Å². The van der Waals surface area contributed by atoms with Crippen LogP contribution in [0.5, 0.6) is 5.75 Å². The van der Waals surface area contributed by atoms with Gasteiger partial charge < -0.3 is 15.2 Å². The lowest BCUT2D eigenvalue weighted by Crippen LogP contribution is -2.38. The quantitative estimate of drug-likeness (QED) is 0.845. The Bertz CT molecular complexity index is 362. The highest BCUT2D eigenvalue weighted by molar-refractivity contribution is 5.31. The molecule has 2 atom stereocenters. The second-order valence-electron chi connectivity index (χ2n) is 4.33. The van der Waals surface area contributed by atoms with Gasteiger partial charge in [0.1, 0.15) is 11.4 Å². The predicted molar refractivity (Wildman–Crippen MR) is 61.3 cm³/mol. The van der Waals surface area contributed by atoms with E-state index in [1.165, 1.54) is 0 Å². The molecule has 0 spiro atoms. The molecular weight excluding hydrogens is 204 g/mol. The van der Waals surface area contributed by atoms with Crippen LogP contribution in [-0.4, -0.2) is 24.3 Å². The van der Waals surface area contributed by atoms with E-state index in [2.05, 4.69) is 4.98 Å². The Balaban J connectivity index is 2.29. The standard InChI is InChI=1S/C12H18N2O2/c1-12(6-4-8-16-12)11(13)10-9(15-2)5-3-7-14-10/h3,5,7,11H,4,6,8,13H2,1-2H3. The molecule has 0 bridgehead atoms. The molecule has 0 aromatic carbocycles. The summed E-state index contributed by atoms with van der Waals surface area (Å²) >= 11 is 0. The van der Waals surface area contributed by atoms with Gasteiger partial charge in [0.15, 0.2) is 0 Å². The number of nitrogens with zero attached hydrogens (tertiary/aromatic N) is 1. The van der Waals surface area contributed by atoms with Crippen LogP contribution in [0.25, 0.3) is 0 Å². The Kier molecular flexibility index (Phi) is 3.12. The van der Waals surface area contributed by atoms with E-state index in [1.807, 2.05) is 19.1 Å². The van der Waals surface area contributed by atoms with Crippen LogP contribution in [-0.2, 0) is 4.74 Å². The molecule has 1 aliphatic heterocycles. The molecule has 88 valence electrons. The number of pyridine rings is 1. The summed E-state index contributed by atoms with van der Waals surface area (Å²) in [5, 5.41) is 0. The lowest BCUT2D eigenvalue weighted by molar-refractivity contribution is -0.00333. The third kappa shape index (κ3) is 1.90. The topological polar surface area (TPSA) is 57.4 Å². The molecule has 1 aromatic heterocycles. The zero-order valence-electron chi connectivity index (χ0n) is 9.77. The van der Waals surface area contributed by atoms with Crippen molar-refractivity contribution in [2.45, 2.75) is 31.4 Å². The average Bonchev–Trinajstić information content (AvgIpc) is 2.76. The van der Waals surface area contributed by atoms with E-state index in [9.17, 15) is 0 Å². The van der Waals surface area contributed by atoms with Gasteiger partial charge in [-0.3, -0.25) is 4.98 Å². The summed E-state index contributed by atoms with van der Waals surface area (Å²) in [6.45, 7) is 2.82. The van der Waals surface area contributed by atoms with Crippen molar-refractivity contribution in [3.05, 3.63) is 24.0 Å². The number of aromatic nitrogens is 1. The lowest BCUT2D eigenvalue weighted by atomic mass is 9.91. The summed E-state index contributed by atoms with van der Waals surface area (Å²) in [5.74, 6) is 0.728. The van der Waals surface area contributed by atoms with E-state index in [0.29, 0.717) is 0 Å². The minimum Gasteiger partial charge on any atom is -0.495 e. The summed E-state index contributed by atoms with van der Waals surface area (Å²) in [4.78, 5) is 4.31. The predicted octanol–water partition coefficient (Wildman–Crippen LogP) is 1.66. The van der Waals surface area contributed by atoms with Gasteiger partial charge in [0.25, 0.3) is 0 Å². The van der Waals surface area contributed by atoms with Gasteiger partial charge in [-0.1, -0.05) is 0 Å². The highest BCUT2D eigenvalue weighted by Crippen LogP contribution is 2.37. The van der Waals surface area contributed by atoms with Crippen LogP contribution >= 0.6 is 0 Å². The Hall–Kier alpha value is -1.13. The fourth-order valence-electron chi connectivity index (χ4n) is 2.14. The molecule has 0 aliphatic carbocycles. The van der Waals surface area contributed by atoms with Crippen LogP contribution in [0.2, 0.25) is 0 Å². The minimum atomic E-state index is -0.318. The molecule has 2 rings (SSSR count). The van der Waals surface area contributed by atoms with E-state index in [1.54, 1.807) is 13.3 Å². The van der Waals surface area contributed by atoms with Crippen LogP contribution in [0.1, 0.15) is 31.5 Å². The maximum atomic E-state index is 6.24. The Morgan fingerprint density at radius 1 is 1.62 bits per heavy atom. The SMILES string of the molecule is COc1cccnc1C(N)C1(C)CCCO1. The summed E-state index contributed by atoms with van der Waals surface area (Å²) in [6.07, 6.45) is 3.75. The Labute approximate surface area is 95.8 Å². The minimum absolute atomic E-state index is 0.244. The second-order valence-corrected chi connectivity index (χ2v) is 4.33. The number of ether oxygens (including phenoxy) is 2. The van der Waals surface area contributed by atoms with Crippen LogP contribution in [0.4, 0.5) is 0 Å². The molecule has 2 heterocycles. The zero-order valence-corrected chi connectivity index (χ0v) is 9.77. The van der Waals surface area contributed by atoms with Crippen LogP contribution < -0.4 is 10.5 Å². The highest BCUT2D eigenvalue weighted by Gasteiger charge is 2.39. The number of hydrogen-bond donors (Lipinski definition) is 1. The maximum absolute atomic E-state index is 6.24. The van der Waals surface area contributed by atoms with Crippen molar-refractivity contribution in [3.8, 4) is 5.75 Å². The summed E-state index contributed by atoms with van der Waals surface area (Å²) < 4.78 is 11.0. The molecule has 2 unspecified atom stereocenters. The van der Waals surface area contributed by atoms with Crippen molar-refractivity contribution in [2.75, 3.05) is 13.7 Å². The van der Waals surface area contributed by atoms with Crippen LogP contribution in [0.3, 0.4) is 0 Å². The molecule has 2 N–H and O–H groups in total. The molecule has 0 saturated carbocycles. The third-order valence-corrected chi connectivity index (χ3v) is 3.22. The zero-order chi connectivity index (χ0) is 11.6. The number of methoxy groups -OCH3 is 1. The summed E-state index contributed by atoms with van der Waals surface area (Å²) in [5.41, 5.74) is 6.70. The van der Waals surface area contributed by atoms with Gasteiger partial charge in [0, 0.05) is 12.8 Å². The first kappa shape index (κ1) is 11.4. The van der Waals surface area contributed by atoms with Crippen LogP contribution in [0, 0.1) is 0 Å². The maximum Gasteiger partial charge on any atom is 0.142 e. The fourth-order valence-corrected chi connectivity index (χ4v) is 2.14. The first-order chi connectivity index (χ1) is 7.67. The molecule has 4 heteroatoms. The van der Waals surface area contributed by atoms with Gasteiger partial charge in [-0.25, -0.2) is 0 Å². The van der Waals surface area contributed by atoms with Crippen molar-refractivity contribution < 1.29 is 9.47 Å². The number of hydrogen-bond acceptors (Lipinski definition) is 4. The Morgan fingerprint density at radius 2 is 2.44 bits per heavy atom. The molecule has 1 fully saturated rings. The molecule has 4 nitrogen and oxygen atoms in total. The molecule has 16 heavy (non-hydrogen) atoms. The van der Waals surface area contributed by atoms with Crippen molar-refractivity contribution >= 4 is 0 Å². The first-order valence-electron chi connectivity index (χ1n) is 5.56. The molecule has 1 aromatic rings. The smallest absolute Gasteiger partial charge is 0.142 e. The van der Waals surface area contributed by atoms with Crippen LogP contribution in [0.15, 0.2) is 18.3 Å². The monoisotopic (exact) mass is 222 g/mol. The molecule has 0 amide bonds. The molecular formula is C12H18N2O2. The summed E-state index contributed by atoms with van der Waals surface area (Å²) in [6, 6.07) is 3.47. The van der Waals surface area contributed by atoms with Gasteiger partial charge >= 0.3 is 0 Å². The largest absolute Gasteiger partial charge is 0.495 e. The fraction of sp³-hybridized carbons (Fsp3) is 0.583. The van der Waals surface area contributed by atoms with Crippen molar-refractivity contribution in [3.63, 3.8) is 0 Å². The number of nitrogens with two attached hydrogens (primary N) is 1. The van der Waals surface area contributed by atoms with E-state index < -0.39 is 0 Å². The van der Waals surface area contributed by atoms with Crippen molar-refractivity contribution in [1.29, 1.82) is 0 Å². The van der Waals surface area contributed by atoms with Gasteiger partial charge in [-0.15, -0.1) is 0 Å². The first-order valence-corrected chi connectivity index (χ1v) is 5.56. The van der Waals surface area contributed by atoms with Gasteiger partial charge in [-0.05, 0) is 31.9 Å². The molecule has 1 saturated heterocycles. The molecule has 1 aliphatic rings. The van der Waals surface area contributed by atoms with Crippen molar-refractivity contribution in [2.24, 2.45) is 5.73 Å². The van der Waals surface area contributed by atoms with E-state index >= 15 is 0 Å². The van der Waals surface area contributed by atoms with Crippen molar-refractivity contribution in [1.82, 2.24) is 4.98 Å². The molecule has 0 radical (unpaired) electrons. The third-order valence-electron chi connectivity index (χ3n) is 3.22. The highest BCUT2D eigenvalue weighted by atomic mass is 16.5. The van der Waals surface area contributed by atoms with Gasteiger partial charge in [-0.2, -0.15) is 0 Å².